The molecule has 3 rings (SSSR count). The second-order valence-corrected chi connectivity index (χ2v) is 6.47. The Morgan fingerprint density at radius 2 is 1.75 bits per heavy atom. The van der Waals surface area contributed by atoms with Gasteiger partial charge in [-0.15, -0.1) is 0 Å². The molecule has 142 valence electrons. The van der Waals surface area contributed by atoms with Gasteiger partial charge in [0.05, 0.1) is 17.1 Å². The summed E-state index contributed by atoms with van der Waals surface area (Å²) in [5, 5.41) is 14.3. The first-order chi connectivity index (χ1) is 13.6. The number of nitrogens with one attached hydrogen (secondary N) is 3. The largest absolute Gasteiger partial charge is 0.397 e. The lowest BCUT2D eigenvalue weighted by molar-refractivity contribution is 0.102. The molecule has 5 N–H and O–H groups in total. The minimum Gasteiger partial charge on any atom is -0.397 e. The molecule has 2 aromatic carbocycles. The highest BCUT2D eigenvalue weighted by molar-refractivity contribution is 6.10. The van der Waals surface area contributed by atoms with Crippen LogP contribution in [0.3, 0.4) is 0 Å². The number of benzene rings is 2. The zero-order valence-electron chi connectivity index (χ0n) is 15.8. The fourth-order valence-electron chi connectivity index (χ4n) is 2.95. The van der Waals surface area contributed by atoms with Crippen LogP contribution in [0.2, 0.25) is 0 Å². The van der Waals surface area contributed by atoms with Gasteiger partial charge in [-0.25, -0.2) is 0 Å². The summed E-state index contributed by atoms with van der Waals surface area (Å²) in [4.78, 5) is 12.4. The number of rotatable bonds is 6. The lowest BCUT2D eigenvalue weighted by Gasteiger charge is -2.15. The number of carbonyl (C=O) groups is 1. The number of nitrogens with two attached hydrogens (primary N) is 1. The Balaban J connectivity index is 1.64. The lowest BCUT2D eigenvalue weighted by Crippen LogP contribution is -2.17. The number of amides is 1. The molecule has 0 atom stereocenters. The van der Waals surface area contributed by atoms with Crippen molar-refractivity contribution in [1.29, 1.82) is 5.41 Å². The van der Waals surface area contributed by atoms with Gasteiger partial charge in [-0.1, -0.05) is 49.4 Å². The highest BCUT2D eigenvalue weighted by atomic mass is 16.1. The SMILES string of the molecule is CC/C(NCc1ccc(C(=O)Nc2ccccc2N)cc1)=C1\C=CC=CC1=N. The monoisotopic (exact) mass is 372 g/mol. The van der Waals surface area contributed by atoms with E-state index in [1.54, 1.807) is 30.3 Å². The third kappa shape index (κ3) is 4.57. The molecule has 0 bridgehead atoms. The van der Waals surface area contributed by atoms with Crippen molar-refractivity contribution in [1.82, 2.24) is 5.32 Å². The van der Waals surface area contributed by atoms with Crippen LogP contribution < -0.4 is 16.4 Å². The van der Waals surface area contributed by atoms with Crippen molar-refractivity contribution in [2.45, 2.75) is 19.9 Å². The van der Waals surface area contributed by atoms with E-state index >= 15 is 0 Å². The maximum atomic E-state index is 12.4. The smallest absolute Gasteiger partial charge is 0.255 e. The quantitative estimate of drug-likeness (QED) is 0.566. The Morgan fingerprint density at radius 1 is 1.04 bits per heavy atom. The van der Waals surface area contributed by atoms with Gasteiger partial charge in [0, 0.05) is 23.4 Å². The average Bonchev–Trinajstić information content (AvgIpc) is 2.72. The molecule has 5 heteroatoms. The third-order valence-corrected chi connectivity index (χ3v) is 4.54. The summed E-state index contributed by atoms with van der Waals surface area (Å²) in [6, 6.07) is 14.6. The minimum absolute atomic E-state index is 0.193. The standard InChI is InChI=1S/C23H24N4O/c1-2-21(18-7-3-4-8-19(18)24)26-15-16-11-13-17(14-12-16)23(28)27-22-10-6-5-9-20(22)25/h3-14,24,26H,2,15,25H2,1H3,(H,27,28)/b21-18-,24-19?. The molecule has 0 aromatic heterocycles. The first-order valence-corrected chi connectivity index (χ1v) is 9.24. The maximum absolute atomic E-state index is 12.4. The fraction of sp³-hybridized carbons (Fsp3) is 0.130. The van der Waals surface area contributed by atoms with Gasteiger partial charge in [-0.2, -0.15) is 0 Å². The average molecular weight is 372 g/mol. The van der Waals surface area contributed by atoms with Gasteiger partial charge in [-0.3, -0.25) is 4.79 Å². The number of nitrogen functional groups attached to an aromatic ring is 1. The van der Waals surface area contributed by atoms with Gasteiger partial charge < -0.3 is 21.8 Å². The highest BCUT2D eigenvalue weighted by Gasteiger charge is 2.10. The molecule has 0 aliphatic heterocycles. The van der Waals surface area contributed by atoms with Crippen LogP contribution in [0.1, 0.15) is 29.3 Å². The van der Waals surface area contributed by atoms with Gasteiger partial charge in [0.15, 0.2) is 0 Å². The van der Waals surface area contributed by atoms with Gasteiger partial charge in [0.25, 0.3) is 5.91 Å². The number of allylic oxidation sites excluding steroid dienone is 6. The van der Waals surface area contributed by atoms with E-state index in [0.29, 0.717) is 29.2 Å². The number of hydrogen-bond acceptors (Lipinski definition) is 4. The Kier molecular flexibility index (Phi) is 6.07. The van der Waals surface area contributed by atoms with Gasteiger partial charge in [0.2, 0.25) is 0 Å². The lowest BCUT2D eigenvalue weighted by atomic mass is 10.0. The van der Waals surface area contributed by atoms with Crippen molar-refractivity contribution in [2.75, 3.05) is 11.1 Å². The third-order valence-electron chi connectivity index (χ3n) is 4.54. The van der Waals surface area contributed by atoms with E-state index in [1.807, 2.05) is 42.5 Å². The predicted octanol–water partition coefficient (Wildman–Crippen LogP) is 4.42. The van der Waals surface area contributed by atoms with Crippen LogP contribution in [-0.2, 0) is 6.54 Å². The van der Waals surface area contributed by atoms with Crippen molar-refractivity contribution in [3.63, 3.8) is 0 Å². The predicted molar refractivity (Wildman–Crippen MR) is 115 cm³/mol. The molecule has 0 radical (unpaired) electrons. The van der Waals surface area contributed by atoms with Crippen LogP contribution in [-0.4, -0.2) is 11.6 Å². The first kappa shape index (κ1) is 19.2. The zero-order chi connectivity index (χ0) is 19.9. The Labute approximate surface area is 165 Å². The molecule has 0 heterocycles. The molecule has 5 nitrogen and oxygen atoms in total. The molecule has 0 saturated heterocycles. The van der Waals surface area contributed by atoms with E-state index in [2.05, 4.69) is 17.6 Å². The summed E-state index contributed by atoms with van der Waals surface area (Å²) in [5.41, 5.74) is 11.1. The molecule has 1 aliphatic rings. The van der Waals surface area contributed by atoms with Gasteiger partial charge in [0.1, 0.15) is 0 Å². The number of para-hydroxylation sites is 2. The number of carbonyl (C=O) groups excluding carboxylic acids is 1. The van der Waals surface area contributed by atoms with Crippen molar-refractivity contribution in [3.05, 3.63) is 95.2 Å². The Hall–Kier alpha value is -3.60. The van der Waals surface area contributed by atoms with E-state index in [9.17, 15) is 4.79 Å². The van der Waals surface area contributed by atoms with Crippen LogP contribution in [0.5, 0.6) is 0 Å². The van der Waals surface area contributed by atoms with E-state index in [0.717, 1.165) is 23.3 Å². The van der Waals surface area contributed by atoms with Crippen LogP contribution in [0.4, 0.5) is 11.4 Å². The van der Waals surface area contributed by atoms with Crippen molar-refractivity contribution < 1.29 is 4.79 Å². The van der Waals surface area contributed by atoms with Crippen LogP contribution in [0.25, 0.3) is 0 Å². The van der Waals surface area contributed by atoms with E-state index < -0.39 is 0 Å². The Morgan fingerprint density at radius 3 is 2.43 bits per heavy atom. The molecule has 0 spiro atoms. The maximum Gasteiger partial charge on any atom is 0.255 e. The molecule has 0 unspecified atom stereocenters. The van der Waals surface area contributed by atoms with Gasteiger partial charge >= 0.3 is 0 Å². The molecule has 1 amide bonds. The molecule has 0 fully saturated rings. The van der Waals surface area contributed by atoms with E-state index in [1.165, 1.54) is 0 Å². The Bertz CT molecular complexity index is 968. The molecule has 28 heavy (non-hydrogen) atoms. The first-order valence-electron chi connectivity index (χ1n) is 9.24. The summed E-state index contributed by atoms with van der Waals surface area (Å²) in [6.07, 6.45) is 8.37. The topological polar surface area (TPSA) is 91.0 Å². The second kappa shape index (κ2) is 8.86. The fourth-order valence-corrected chi connectivity index (χ4v) is 2.95. The molecular formula is C23H24N4O. The highest BCUT2D eigenvalue weighted by Crippen LogP contribution is 2.18. The summed E-state index contributed by atoms with van der Waals surface area (Å²) in [6.45, 7) is 2.70. The van der Waals surface area contributed by atoms with E-state index in [4.69, 9.17) is 11.1 Å². The molecular weight excluding hydrogens is 348 g/mol. The number of hydrogen-bond donors (Lipinski definition) is 4. The minimum atomic E-state index is -0.193. The van der Waals surface area contributed by atoms with Crippen LogP contribution in [0, 0.1) is 5.41 Å². The van der Waals surface area contributed by atoms with Crippen molar-refractivity contribution >= 4 is 23.0 Å². The summed E-state index contributed by atoms with van der Waals surface area (Å²) >= 11 is 0. The summed E-state index contributed by atoms with van der Waals surface area (Å²) in [7, 11) is 0. The zero-order valence-corrected chi connectivity index (χ0v) is 15.8. The normalized spacial score (nSPS) is 14.7. The molecule has 2 aromatic rings. The summed E-state index contributed by atoms with van der Waals surface area (Å²) in [5.74, 6) is -0.193. The van der Waals surface area contributed by atoms with Crippen LogP contribution >= 0.6 is 0 Å². The van der Waals surface area contributed by atoms with Gasteiger partial charge in [-0.05, 0) is 42.3 Å². The molecule has 0 saturated carbocycles. The van der Waals surface area contributed by atoms with Crippen molar-refractivity contribution in [2.24, 2.45) is 0 Å². The summed E-state index contributed by atoms with van der Waals surface area (Å²) < 4.78 is 0. The molecule has 1 aliphatic carbocycles. The number of anilines is 2. The van der Waals surface area contributed by atoms with Crippen LogP contribution in [0.15, 0.2) is 84.1 Å². The van der Waals surface area contributed by atoms with E-state index in [-0.39, 0.29) is 5.91 Å². The van der Waals surface area contributed by atoms with Crippen molar-refractivity contribution in [3.8, 4) is 0 Å². The second-order valence-electron chi connectivity index (χ2n) is 6.47.